The molecule has 0 radical (unpaired) electrons. The predicted molar refractivity (Wildman–Crippen MR) is 127 cm³/mol. The van der Waals surface area contributed by atoms with Gasteiger partial charge in [-0.2, -0.15) is 0 Å². The first-order valence-electron chi connectivity index (χ1n) is 11.7. The van der Waals surface area contributed by atoms with Crippen molar-refractivity contribution >= 4 is 16.9 Å². The minimum atomic E-state index is -0.936. The molecule has 2 atom stereocenters. The average molecular weight is 470 g/mol. The lowest BCUT2D eigenvalue weighted by Gasteiger charge is -2.38. The van der Waals surface area contributed by atoms with Gasteiger partial charge >= 0.3 is 0 Å². The van der Waals surface area contributed by atoms with E-state index in [1.807, 2.05) is 44.3 Å². The molecule has 3 aliphatic heterocycles. The summed E-state index contributed by atoms with van der Waals surface area (Å²) in [5, 5.41) is 9.82. The third-order valence-electron chi connectivity index (χ3n) is 6.96. The van der Waals surface area contributed by atoms with Crippen molar-refractivity contribution in [3.05, 3.63) is 47.7 Å². The van der Waals surface area contributed by atoms with Crippen molar-refractivity contribution in [3.63, 3.8) is 0 Å². The highest BCUT2D eigenvalue weighted by atomic mass is 32.2. The molecule has 1 aromatic carbocycles. The fourth-order valence-corrected chi connectivity index (χ4v) is 6.17. The van der Waals surface area contributed by atoms with Crippen LogP contribution in [0.25, 0.3) is 11.3 Å². The van der Waals surface area contributed by atoms with Crippen molar-refractivity contribution in [2.24, 2.45) is 0 Å². The summed E-state index contributed by atoms with van der Waals surface area (Å²) in [5.74, 6) is 0.802. The first-order valence-corrected chi connectivity index (χ1v) is 12.9. The molecule has 7 nitrogen and oxygen atoms in total. The Bertz CT molecular complexity index is 1060. The number of hydrogen-bond donors (Lipinski definition) is 1. The van der Waals surface area contributed by atoms with Crippen LogP contribution in [0.5, 0.6) is 5.75 Å². The molecule has 3 aliphatic rings. The van der Waals surface area contributed by atoms with Crippen LogP contribution in [0.1, 0.15) is 49.0 Å². The van der Waals surface area contributed by atoms with Crippen LogP contribution in [0.2, 0.25) is 0 Å². The molecule has 1 N–H and O–H groups in total. The Balaban J connectivity index is 1.26. The van der Waals surface area contributed by atoms with Crippen molar-refractivity contribution in [1.29, 1.82) is 0 Å². The van der Waals surface area contributed by atoms with Gasteiger partial charge in [0.1, 0.15) is 11.4 Å². The van der Waals surface area contributed by atoms with Crippen molar-refractivity contribution in [2.45, 2.75) is 56.5 Å². The number of likely N-dealkylation sites (tertiary alicyclic amines) is 1. The molecule has 1 unspecified atom stereocenters. The molecular formula is C25H31N3O4S. The molecule has 0 aliphatic carbocycles. The molecule has 5 rings (SSSR count). The fraction of sp³-hybridized carbons (Fsp3) is 0.520. The molecule has 176 valence electrons. The summed E-state index contributed by atoms with van der Waals surface area (Å²) in [7, 11) is -0.936. The van der Waals surface area contributed by atoms with E-state index in [2.05, 4.69) is 15.4 Å². The summed E-state index contributed by atoms with van der Waals surface area (Å²) < 4.78 is 20.9. The van der Waals surface area contributed by atoms with Gasteiger partial charge in [0.2, 0.25) is 0 Å². The van der Waals surface area contributed by atoms with Crippen LogP contribution in [0.3, 0.4) is 0 Å². The molecule has 1 aromatic heterocycles. The number of nitrogens with zero attached hydrogens (tertiary/aromatic N) is 3. The molecule has 4 heterocycles. The van der Waals surface area contributed by atoms with E-state index in [0.717, 1.165) is 54.9 Å². The summed E-state index contributed by atoms with van der Waals surface area (Å²) in [4.78, 5) is 18.9. The van der Waals surface area contributed by atoms with Crippen LogP contribution < -0.4 is 4.74 Å². The normalized spacial score (nSPS) is 23.0. The number of amides is 1. The number of rotatable bonds is 4. The number of fused-ring (bicyclic) bond motifs is 1. The van der Waals surface area contributed by atoms with Crippen LogP contribution >= 0.6 is 0 Å². The molecule has 8 heteroatoms. The number of carbonyl (C=O) groups excluding carboxylic acids is 1. The van der Waals surface area contributed by atoms with Gasteiger partial charge in [-0.15, -0.1) is 0 Å². The zero-order chi connectivity index (χ0) is 23.2. The Labute approximate surface area is 197 Å². The zero-order valence-electron chi connectivity index (χ0n) is 19.2. The topological polar surface area (TPSA) is 83.0 Å². The highest BCUT2D eigenvalue weighted by Gasteiger charge is 2.43. The minimum absolute atomic E-state index is 0.0416. The summed E-state index contributed by atoms with van der Waals surface area (Å²) >= 11 is 0. The lowest BCUT2D eigenvalue weighted by atomic mass is 9.88. The van der Waals surface area contributed by atoms with Crippen molar-refractivity contribution in [3.8, 4) is 17.0 Å². The Morgan fingerprint density at radius 3 is 2.58 bits per heavy atom. The number of aromatic nitrogens is 1. The molecule has 2 fully saturated rings. The number of aliphatic hydroxyl groups is 1. The van der Waals surface area contributed by atoms with Gasteiger partial charge in [-0.05, 0) is 38.5 Å². The smallest absolute Gasteiger partial charge is 0.253 e. The van der Waals surface area contributed by atoms with Crippen LogP contribution in [-0.2, 0) is 17.4 Å². The van der Waals surface area contributed by atoms with Crippen LogP contribution in [-0.4, -0.2) is 72.5 Å². The number of piperidine rings is 1. The third kappa shape index (κ3) is 4.44. The van der Waals surface area contributed by atoms with E-state index >= 15 is 0 Å². The number of β-amino-alcohol motifs (C(OH)–C–C–N with tert-alkyl or cyclic N) is 1. The number of aliphatic hydroxyl groups excluding tert-OH is 1. The first kappa shape index (κ1) is 22.5. The quantitative estimate of drug-likeness (QED) is 0.745. The SMILES string of the molecule is CC(C)S(=O)N1CCC2(CC1)Cc1cc(-c3ccc(C(=O)N4CC[C@@H](O)C4)cc3)ncc1O2. The lowest BCUT2D eigenvalue weighted by molar-refractivity contribution is 0.0415. The van der Waals surface area contributed by atoms with Crippen molar-refractivity contribution < 1.29 is 18.8 Å². The Morgan fingerprint density at radius 1 is 1.21 bits per heavy atom. The van der Waals surface area contributed by atoms with Crippen LogP contribution in [0.15, 0.2) is 36.5 Å². The molecule has 0 saturated carbocycles. The fourth-order valence-electron chi connectivity index (χ4n) is 5.03. The van der Waals surface area contributed by atoms with Crippen LogP contribution in [0, 0.1) is 0 Å². The van der Waals surface area contributed by atoms with E-state index < -0.39 is 17.1 Å². The lowest BCUT2D eigenvalue weighted by Crippen LogP contribution is -2.48. The summed E-state index contributed by atoms with van der Waals surface area (Å²) in [6.45, 7) is 6.55. The third-order valence-corrected chi connectivity index (χ3v) is 8.64. The highest BCUT2D eigenvalue weighted by Crippen LogP contribution is 2.42. The molecular weight excluding hydrogens is 438 g/mol. The Kier molecular flexibility index (Phi) is 6.01. The van der Waals surface area contributed by atoms with Gasteiger partial charge in [-0.3, -0.25) is 9.78 Å². The summed E-state index contributed by atoms with van der Waals surface area (Å²) in [5.41, 5.74) is 3.38. The average Bonchev–Trinajstić information content (AvgIpc) is 3.41. The molecule has 1 amide bonds. The summed E-state index contributed by atoms with van der Waals surface area (Å²) in [6, 6.07) is 9.62. The maximum atomic E-state index is 12.6. The first-order chi connectivity index (χ1) is 15.8. The van der Waals surface area contributed by atoms with Gasteiger partial charge in [0.25, 0.3) is 5.91 Å². The zero-order valence-corrected chi connectivity index (χ0v) is 20.0. The maximum Gasteiger partial charge on any atom is 0.253 e. The van der Waals surface area contributed by atoms with E-state index in [4.69, 9.17) is 4.74 Å². The van der Waals surface area contributed by atoms with Gasteiger partial charge in [0.15, 0.2) is 0 Å². The molecule has 0 bridgehead atoms. The number of benzene rings is 1. The monoisotopic (exact) mass is 469 g/mol. The van der Waals surface area contributed by atoms with E-state index in [1.165, 1.54) is 0 Å². The summed E-state index contributed by atoms with van der Waals surface area (Å²) in [6.07, 6.45) is 4.59. The van der Waals surface area contributed by atoms with Crippen molar-refractivity contribution in [1.82, 2.24) is 14.2 Å². The second-order valence-corrected chi connectivity index (χ2v) is 11.7. The van der Waals surface area contributed by atoms with Gasteiger partial charge < -0.3 is 14.7 Å². The van der Waals surface area contributed by atoms with Gasteiger partial charge in [0, 0.05) is 67.4 Å². The molecule has 1 spiro atoms. The number of pyridine rings is 1. The Morgan fingerprint density at radius 2 is 1.94 bits per heavy atom. The molecule has 33 heavy (non-hydrogen) atoms. The second-order valence-electron chi connectivity index (χ2n) is 9.66. The maximum absolute atomic E-state index is 12.6. The van der Waals surface area contributed by atoms with Crippen LogP contribution in [0.4, 0.5) is 0 Å². The minimum Gasteiger partial charge on any atom is -0.485 e. The highest BCUT2D eigenvalue weighted by molar-refractivity contribution is 7.83. The van der Waals surface area contributed by atoms with E-state index in [-0.39, 0.29) is 16.8 Å². The molecule has 2 aromatic rings. The number of hydrogen-bond acceptors (Lipinski definition) is 5. The van der Waals surface area contributed by atoms with Crippen molar-refractivity contribution in [2.75, 3.05) is 26.2 Å². The molecule has 2 saturated heterocycles. The second kappa shape index (κ2) is 8.81. The largest absolute Gasteiger partial charge is 0.485 e. The van der Waals surface area contributed by atoms with E-state index in [9.17, 15) is 14.1 Å². The van der Waals surface area contributed by atoms with Gasteiger partial charge in [-0.1, -0.05) is 12.1 Å². The predicted octanol–water partition coefficient (Wildman–Crippen LogP) is 2.80. The Hall–Kier alpha value is -2.29. The number of ether oxygens (including phenoxy) is 1. The number of carbonyl (C=O) groups is 1. The van der Waals surface area contributed by atoms with Gasteiger partial charge in [0.05, 0.1) is 29.0 Å². The van der Waals surface area contributed by atoms with Gasteiger partial charge in [-0.25, -0.2) is 8.51 Å². The standard InChI is InChI=1S/C25H31N3O4S/c1-17(2)33(31)28-11-8-25(9-12-28)14-20-13-22(26-15-23(20)32-25)18-3-5-19(6-4-18)24(30)27-10-7-21(29)16-27/h3-6,13,15,17,21,29H,7-12,14,16H2,1-2H3/t21-,33?/m1/s1. The van der Waals surface area contributed by atoms with E-state index in [0.29, 0.717) is 25.1 Å². The van der Waals surface area contributed by atoms with E-state index in [1.54, 1.807) is 4.90 Å².